The standard InChI is InChI=1S/C14H22N2O3S/c1-5-7-16(6-2)14(17)12-8-10(3)11(4)13(9-12)20(15,18)19/h8-9H,5-7H2,1-4H3,(H2,15,18,19). The van der Waals surface area contributed by atoms with Gasteiger partial charge < -0.3 is 4.90 Å². The van der Waals surface area contributed by atoms with E-state index in [9.17, 15) is 13.2 Å². The maximum Gasteiger partial charge on any atom is 0.253 e. The molecule has 1 aromatic rings. The Balaban J connectivity index is 3.34. The highest BCUT2D eigenvalue weighted by atomic mass is 32.2. The van der Waals surface area contributed by atoms with E-state index < -0.39 is 10.0 Å². The van der Waals surface area contributed by atoms with Crippen molar-refractivity contribution in [2.24, 2.45) is 5.14 Å². The molecule has 0 atom stereocenters. The van der Waals surface area contributed by atoms with E-state index in [2.05, 4.69) is 0 Å². The lowest BCUT2D eigenvalue weighted by Crippen LogP contribution is -2.31. The first kappa shape index (κ1) is 16.7. The lowest BCUT2D eigenvalue weighted by atomic mass is 10.1. The Morgan fingerprint density at radius 3 is 2.30 bits per heavy atom. The molecule has 0 aliphatic carbocycles. The Morgan fingerprint density at radius 1 is 1.25 bits per heavy atom. The minimum atomic E-state index is -3.83. The van der Waals surface area contributed by atoms with Crippen LogP contribution in [0, 0.1) is 13.8 Å². The minimum Gasteiger partial charge on any atom is -0.339 e. The van der Waals surface area contributed by atoms with Crippen LogP contribution in [-0.4, -0.2) is 32.3 Å². The van der Waals surface area contributed by atoms with Gasteiger partial charge in [0.05, 0.1) is 4.90 Å². The molecule has 0 radical (unpaired) electrons. The van der Waals surface area contributed by atoms with Crippen LogP contribution >= 0.6 is 0 Å². The predicted octanol–water partition coefficient (Wildman–Crippen LogP) is 1.82. The normalized spacial score (nSPS) is 11.4. The molecule has 0 aliphatic heterocycles. The van der Waals surface area contributed by atoms with Crippen molar-refractivity contribution in [3.05, 3.63) is 28.8 Å². The van der Waals surface area contributed by atoms with E-state index in [0.29, 0.717) is 24.2 Å². The Labute approximate surface area is 120 Å². The third-order valence-corrected chi connectivity index (χ3v) is 4.37. The molecule has 0 unspecified atom stereocenters. The predicted molar refractivity (Wildman–Crippen MR) is 79.2 cm³/mol. The minimum absolute atomic E-state index is 0.0217. The van der Waals surface area contributed by atoms with Crippen LogP contribution < -0.4 is 5.14 Å². The highest BCUT2D eigenvalue weighted by molar-refractivity contribution is 7.89. The Hall–Kier alpha value is -1.40. The van der Waals surface area contributed by atoms with E-state index >= 15 is 0 Å². The summed E-state index contributed by atoms with van der Waals surface area (Å²) in [4.78, 5) is 14.1. The van der Waals surface area contributed by atoms with Crippen molar-refractivity contribution in [2.45, 2.75) is 39.0 Å². The van der Waals surface area contributed by atoms with Crippen LogP contribution in [-0.2, 0) is 10.0 Å². The molecule has 1 rings (SSSR count). The second kappa shape index (κ2) is 6.37. The summed E-state index contributed by atoms with van der Waals surface area (Å²) in [6, 6.07) is 3.09. The van der Waals surface area contributed by atoms with Crippen molar-refractivity contribution < 1.29 is 13.2 Å². The van der Waals surface area contributed by atoms with Crippen LogP contribution in [0.3, 0.4) is 0 Å². The molecule has 0 fully saturated rings. The largest absolute Gasteiger partial charge is 0.339 e. The van der Waals surface area contributed by atoms with Gasteiger partial charge in [0.2, 0.25) is 10.0 Å². The number of sulfonamides is 1. The Morgan fingerprint density at radius 2 is 1.85 bits per heavy atom. The first-order valence-electron chi connectivity index (χ1n) is 6.65. The second-order valence-corrected chi connectivity index (χ2v) is 6.38. The summed E-state index contributed by atoms with van der Waals surface area (Å²) in [6.07, 6.45) is 0.854. The van der Waals surface area contributed by atoms with Crippen LogP contribution in [0.5, 0.6) is 0 Å². The molecule has 6 heteroatoms. The SMILES string of the molecule is CCCN(CC)C(=O)c1cc(C)c(C)c(S(N)(=O)=O)c1. The van der Waals surface area contributed by atoms with E-state index in [-0.39, 0.29) is 10.8 Å². The Bertz CT molecular complexity index is 609. The summed E-state index contributed by atoms with van der Waals surface area (Å²) >= 11 is 0. The summed E-state index contributed by atoms with van der Waals surface area (Å²) in [5.74, 6) is -0.164. The van der Waals surface area contributed by atoms with Gasteiger partial charge in [-0.2, -0.15) is 0 Å². The second-order valence-electron chi connectivity index (χ2n) is 4.85. The van der Waals surface area contributed by atoms with E-state index in [1.54, 1.807) is 24.8 Å². The molecular weight excluding hydrogens is 276 g/mol. The number of hydrogen-bond donors (Lipinski definition) is 1. The number of primary sulfonamides is 1. The Kier molecular flexibility index (Phi) is 5.30. The third-order valence-electron chi connectivity index (χ3n) is 3.34. The van der Waals surface area contributed by atoms with Gasteiger partial charge in [-0.25, -0.2) is 13.6 Å². The van der Waals surface area contributed by atoms with Crippen LogP contribution in [0.15, 0.2) is 17.0 Å². The molecule has 2 N–H and O–H groups in total. The summed E-state index contributed by atoms with van der Waals surface area (Å²) in [7, 11) is -3.83. The van der Waals surface area contributed by atoms with E-state index in [1.165, 1.54) is 6.07 Å². The highest BCUT2D eigenvalue weighted by Crippen LogP contribution is 2.21. The maximum absolute atomic E-state index is 12.4. The number of amides is 1. The van der Waals surface area contributed by atoms with Crippen molar-refractivity contribution in [1.29, 1.82) is 0 Å². The lowest BCUT2D eigenvalue weighted by Gasteiger charge is -2.21. The zero-order chi connectivity index (χ0) is 15.5. The van der Waals surface area contributed by atoms with E-state index in [4.69, 9.17) is 5.14 Å². The summed E-state index contributed by atoms with van der Waals surface area (Å²) in [6.45, 7) is 8.59. The summed E-state index contributed by atoms with van der Waals surface area (Å²) in [5.41, 5.74) is 1.70. The average molecular weight is 298 g/mol. The lowest BCUT2D eigenvalue weighted by molar-refractivity contribution is 0.0764. The van der Waals surface area contributed by atoms with Gasteiger partial charge in [0.25, 0.3) is 5.91 Å². The quantitative estimate of drug-likeness (QED) is 0.900. The van der Waals surface area contributed by atoms with Gasteiger partial charge in [-0.05, 0) is 50.5 Å². The number of nitrogens with zero attached hydrogens (tertiary/aromatic N) is 1. The fraction of sp³-hybridized carbons (Fsp3) is 0.500. The summed E-state index contributed by atoms with van der Waals surface area (Å²) in [5, 5.41) is 5.21. The van der Waals surface area contributed by atoms with Crippen LogP contribution in [0.1, 0.15) is 41.8 Å². The van der Waals surface area contributed by atoms with Crippen molar-refractivity contribution in [3.8, 4) is 0 Å². The number of hydrogen-bond acceptors (Lipinski definition) is 3. The molecule has 112 valence electrons. The zero-order valence-electron chi connectivity index (χ0n) is 12.4. The average Bonchev–Trinajstić information content (AvgIpc) is 2.36. The molecule has 0 spiro atoms. The van der Waals surface area contributed by atoms with Gasteiger partial charge in [-0.3, -0.25) is 4.79 Å². The van der Waals surface area contributed by atoms with Crippen LogP contribution in [0.4, 0.5) is 0 Å². The molecule has 0 saturated heterocycles. The number of carbonyl (C=O) groups is 1. The summed E-state index contributed by atoms with van der Waals surface area (Å²) < 4.78 is 23.2. The van der Waals surface area contributed by atoms with Gasteiger partial charge in [0.1, 0.15) is 0 Å². The van der Waals surface area contributed by atoms with Gasteiger partial charge in [-0.1, -0.05) is 6.92 Å². The van der Waals surface area contributed by atoms with E-state index in [0.717, 1.165) is 12.0 Å². The van der Waals surface area contributed by atoms with Crippen LogP contribution in [0.2, 0.25) is 0 Å². The molecule has 0 aromatic heterocycles. The number of aryl methyl sites for hydroxylation is 1. The molecule has 1 amide bonds. The van der Waals surface area contributed by atoms with E-state index in [1.807, 2.05) is 13.8 Å². The molecule has 1 aromatic carbocycles. The fourth-order valence-electron chi connectivity index (χ4n) is 2.10. The molecule has 5 nitrogen and oxygen atoms in total. The third kappa shape index (κ3) is 3.58. The number of carbonyl (C=O) groups excluding carboxylic acids is 1. The molecular formula is C14H22N2O3S. The highest BCUT2D eigenvalue weighted by Gasteiger charge is 2.19. The topological polar surface area (TPSA) is 80.5 Å². The number of rotatable bonds is 5. The van der Waals surface area contributed by atoms with Gasteiger partial charge in [0.15, 0.2) is 0 Å². The smallest absolute Gasteiger partial charge is 0.253 e. The van der Waals surface area contributed by atoms with Crippen molar-refractivity contribution in [3.63, 3.8) is 0 Å². The number of benzene rings is 1. The number of nitrogens with two attached hydrogens (primary N) is 1. The van der Waals surface area contributed by atoms with Gasteiger partial charge >= 0.3 is 0 Å². The first-order valence-corrected chi connectivity index (χ1v) is 8.20. The van der Waals surface area contributed by atoms with Crippen molar-refractivity contribution in [2.75, 3.05) is 13.1 Å². The molecule has 20 heavy (non-hydrogen) atoms. The zero-order valence-corrected chi connectivity index (χ0v) is 13.3. The maximum atomic E-state index is 12.4. The monoisotopic (exact) mass is 298 g/mol. The molecule has 0 bridgehead atoms. The van der Waals surface area contributed by atoms with Crippen molar-refractivity contribution in [1.82, 2.24) is 4.90 Å². The fourth-order valence-corrected chi connectivity index (χ4v) is 2.98. The molecule has 0 aliphatic rings. The first-order chi connectivity index (χ1) is 9.22. The van der Waals surface area contributed by atoms with Crippen molar-refractivity contribution >= 4 is 15.9 Å². The molecule has 0 saturated carbocycles. The van der Waals surface area contributed by atoms with Gasteiger partial charge in [-0.15, -0.1) is 0 Å². The molecule has 0 heterocycles. The van der Waals surface area contributed by atoms with Gasteiger partial charge in [0, 0.05) is 18.7 Å². The van der Waals surface area contributed by atoms with Crippen LogP contribution in [0.25, 0.3) is 0 Å².